The number of hydrogen-bond donors (Lipinski definition) is 0. The van der Waals surface area contributed by atoms with Crippen LogP contribution < -0.4 is 4.90 Å². The molecule has 0 saturated carbocycles. The van der Waals surface area contributed by atoms with Crippen LogP contribution >= 0.6 is 0 Å². The maximum absolute atomic E-state index is 6.78. The number of rotatable bonds is 6. The Morgan fingerprint density at radius 2 is 0.896 bits per heavy atom. The minimum Gasteiger partial charge on any atom is -0.455 e. The largest absolute Gasteiger partial charge is 0.455 e. The molecule has 0 saturated heterocycles. The molecule has 226 valence electrons. The van der Waals surface area contributed by atoms with Crippen LogP contribution in [-0.2, 0) is 0 Å². The lowest BCUT2D eigenvalue weighted by Gasteiger charge is -2.31. The lowest BCUT2D eigenvalue weighted by Crippen LogP contribution is -2.13. The Morgan fingerprint density at radius 3 is 1.60 bits per heavy atom. The Labute approximate surface area is 279 Å². The van der Waals surface area contributed by atoms with Gasteiger partial charge in [-0.05, 0) is 51.9 Å². The molecule has 48 heavy (non-hydrogen) atoms. The van der Waals surface area contributed by atoms with Gasteiger partial charge in [0.2, 0.25) is 0 Å². The van der Waals surface area contributed by atoms with Gasteiger partial charge in [-0.15, -0.1) is 0 Å². The molecule has 8 aromatic carbocycles. The number of hydrogen-bond acceptors (Lipinski definition) is 2. The Morgan fingerprint density at radius 1 is 0.375 bits per heavy atom. The van der Waals surface area contributed by atoms with Crippen molar-refractivity contribution in [3.8, 4) is 33.4 Å². The summed E-state index contributed by atoms with van der Waals surface area (Å²) >= 11 is 0. The second-order valence-corrected chi connectivity index (χ2v) is 12.1. The first-order valence-electron chi connectivity index (χ1n) is 16.4. The third-order valence-corrected chi connectivity index (χ3v) is 9.26. The van der Waals surface area contributed by atoms with Crippen LogP contribution in [0.25, 0.3) is 66.1 Å². The van der Waals surface area contributed by atoms with Crippen LogP contribution in [-0.4, -0.2) is 0 Å². The van der Waals surface area contributed by atoms with Crippen LogP contribution in [0.15, 0.2) is 192 Å². The number of nitrogens with zero attached hydrogens (tertiary/aromatic N) is 1. The summed E-state index contributed by atoms with van der Waals surface area (Å²) < 4.78 is 6.78. The molecule has 0 aliphatic carbocycles. The summed E-state index contributed by atoms with van der Waals surface area (Å²) in [6.45, 7) is 0. The van der Waals surface area contributed by atoms with Crippen molar-refractivity contribution in [3.05, 3.63) is 188 Å². The van der Waals surface area contributed by atoms with Crippen LogP contribution in [0.2, 0.25) is 0 Å². The van der Waals surface area contributed by atoms with Crippen molar-refractivity contribution in [1.82, 2.24) is 0 Å². The average Bonchev–Trinajstić information content (AvgIpc) is 3.56. The number of anilines is 3. The van der Waals surface area contributed by atoms with E-state index in [1.165, 1.54) is 16.7 Å². The third-order valence-electron chi connectivity index (χ3n) is 9.26. The Bertz CT molecular complexity index is 2530. The van der Waals surface area contributed by atoms with Crippen LogP contribution in [0.1, 0.15) is 0 Å². The highest BCUT2D eigenvalue weighted by Crippen LogP contribution is 2.53. The molecule has 9 rings (SSSR count). The first kappa shape index (κ1) is 27.9. The van der Waals surface area contributed by atoms with E-state index in [1.807, 2.05) is 0 Å². The van der Waals surface area contributed by atoms with Gasteiger partial charge in [-0.25, -0.2) is 0 Å². The van der Waals surface area contributed by atoms with E-state index in [-0.39, 0.29) is 0 Å². The zero-order valence-electron chi connectivity index (χ0n) is 26.3. The zero-order valence-corrected chi connectivity index (χ0v) is 26.3. The highest BCUT2D eigenvalue weighted by Gasteiger charge is 2.28. The van der Waals surface area contributed by atoms with E-state index in [0.29, 0.717) is 0 Å². The molecule has 0 N–H and O–H groups in total. The molecule has 0 spiro atoms. The second-order valence-electron chi connectivity index (χ2n) is 12.1. The van der Waals surface area contributed by atoms with Gasteiger partial charge in [0.15, 0.2) is 0 Å². The van der Waals surface area contributed by atoms with Crippen molar-refractivity contribution in [2.45, 2.75) is 0 Å². The van der Waals surface area contributed by atoms with Crippen LogP contribution in [0.5, 0.6) is 0 Å². The molecular formula is C46H31NO. The predicted molar refractivity (Wildman–Crippen MR) is 202 cm³/mol. The Hall–Kier alpha value is -6.38. The van der Waals surface area contributed by atoms with E-state index in [0.717, 1.165) is 66.5 Å². The lowest BCUT2D eigenvalue weighted by molar-refractivity contribution is 0.672. The topological polar surface area (TPSA) is 16.4 Å². The molecule has 0 fully saturated rings. The molecule has 0 amide bonds. The van der Waals surface area contributed by atoms with Crippen molar-refractivity contribution in [2.24, 2.45) is 0 Å². The zero-order chi connectivity index (χ0) is 31.9. The molecule has 9 aromatic rings. The molecule has 0 aliphatic heterocycles. The van der Waals surface area contributed by atoms with Crippen molar-refractivity contribution < 1.29 is 4.42 Å². The van der Waals surface area contributed by atoms with Gasteiger partial charge in [0.1, 0.15) is 11.2 Å². The average molecular weight is 614 g/mol. The van der Waals surface area contributed by atoms with Crippen molar-refractivity contribution in [2.75, 3.05) is 4.90 Å². The van der Waals surface area contributed by atoms with Crippen LogP contribution in [0.3, 0.4) is 0 Å². The summed E-state index contributed by atoms with van der Waals surface area (Å²) in [6.07, 6.45) is 0. The highest BCUT2D eigenvalue weighted by molar-refractivity contribution is 6.27. The number of benzene rings is 8. The fourth-order valence-electron chi connectivity index (χ4n) is 7.10. The molecule has 0 bridgehead atoms. The summed E-state index contributed by atoms with van der Waals surface area (Å²) in [5.74, 6) is 0. The molecule has 0 unspecified atom stereocenters. The quantitative estimate of drug-likeness (QED) is 0.185. The monoisotopic (exact) mass is 613 g/mol. The van der Waals surface area contributed by atoms with Gasteiger partial charge < -0.3 is 9.32 Å². The van der Waals surface area contributed by atoms with Crippen molar-refractivity contribution in [1.29, 1.82) is 0 Å². The third kappa shape index (κ3) is 4.66. The lowest BCUT2D eigenvalue weighted by atomic mass is 9.91. The maximum atomic E-state index is 6.78. The van der Waals surface area contributed by atoms with Gasteiger partial charge in [-0.1, -0.05) is 164 Å². The molecule has 1 aromatic heterocycles. The van der Waals surface area contributed by atoms with E-state index in [9.17, 15) is 0 Å². The summed E-state index contributed by atoms with van der Waals surface area (Å²) in [7, 11) is 0. The highest BCUT2D eigenvalue weighted by atomic mass is 16.3. The molecule has 2 heteroatoms. The molecule has 2 nitrogen and oxygen atoms in total. The fraction of sp³-hybridized carbons (Fsp3) is 0. The van der Waals surface area contributed by atoms with E-state index >= 15 is 0 Å². The SMILES string of the molecule is c1ccc(-c2ccc(N(c3ccccc3-c3ccccc3)c3c(-c4ccccc4)c4ccccc4c4oc5ccccc5c34)cc2)cc1. The summed E-state index contributed by atoms with van der Waals surface area (Å²) in [4.78, 5) is 2.45. The summed E-state index contributed by atoms with van der Waals surface area (Å²) in [6, 6.07) is 66.8. The molecule has 0 atom stereocenters. The smallest absolute Gasteiger partial charge is 0.145 e. The van der Waals surface area contributed by atoms with Gasteiger partial charge in [-0.2, -0.15) is 0 Å². The number of para-hydroxylation sites is 2. The fourth-order valence-corrected chi connectivity index (χ4v) is 7.10. The van der Waals surface area contributed by atoms with E-state index in [1.54, 1.807) is 0 Å². The summed E-state index contributed by atoms with van der Waals surface area (Å²) in [5.41, 5.74) is 12.0. The van der Waals surface area contributed by atoms with E-state index < -0.39 is 0 Å². The first-order chi connectivity index (χ1) is 23.8. The Balaban J connectivity index is 1.45. The number of furan rings is 1. The van der Waals surface area contributed by atoms with Gasteiger partial charge in [-0.3, -0.25) is 0 Å². The standard InChI is InChI=1S/C46H31NO/c1-4-16-32(17-5-1)33-28-30-36(31-29-33)47(41-26-14-12-22-37(41)34-18-6-2-7-19-34)45-43(35-20-8-3-9-21-35)38-23-10-11-24-39(38)46-44(45)40-25-13-15-27-42(40)48-46/h1-31H. The molecule has 1 heterocycles. The Kier molecular flexibility index (Phi) is 6.84. The second kappa shape index (κ2) is 11.8. The molecule has 0 aliphatic rings. The van der Waals surface area contributed by atoms with Gasteiger partial charge in [0.05, 0.1) is 16.8 Å². The van der Waals surface area contributed by atoms with Gasteiger partial charge >= 0.3 is 0 Å². The van der Waals surface area contributed by atoms with Gasteiger partial charge in [0, 0.05) is 27.6 Å². The van der Waals surface area contributed by atoms with Crippen LogP contribution in [0, 0.1) is 0 Å². The van der Waals surface area contributed by atoms with Crippen LogP contribution in [0.4, 0.5) is 17.1 Å². The predicted octanol–water partition coefficient (Wildman–Crippen LogP) is 13.2. The van der Waals surface area contributed by atoms with E-state index in [4.69, 9.17) is 4.42 Å². The molecular weight excluding hydrogens is 583 g/mol. The van der Waals surface area contributed by atoms with Crippen molar-refractivity contribution >= 4 is 49.8 Å². The van der Waals surface area contributed by atoms with E-state index in [2.05, 4.69) is 193 Å². The first-order valence-corrected chi connectivity index (χ1v) is 16.4. The summed E-state index contributed by atoms with van der Waals surface area (Å²) in [5, 5.41) is 4.43. The normalized spacial score (nSPS) is 11.3. The minimum absolute atomic E-state index is 0.875. The maximum Gasteiger partial charge on any atom is 0.145 e. The number of fused-ring (bicyclic) bond motifs is 5. The van der Waals surface area contributed by atoms with Crippen molar-refractivity contribution in [3.63, 3.8) is 0 Å². The van der Waals surface area contributed by atoms with Gasteiger partial charge in [0.25, 0.3) is 0 Å². The molecule has 0 radical (unpaired) electrons. The minimum atomic E-state index is 0.875.